The number of likely N-dealkylation sites (N-methyl/N-ethyl adjacent to an activating group) is 1. The van der Waals surface area contributed by atoms with Gasteiger partial charge < -0.3 is 19.8 Å². The molecule has 0 atom stereocenters. The van der Waals surface area contributed by atoms with Crippen LogP contribution in [0, 0.1) is 0 Å². The van der Waals surface area contributed by atoms with Crippen LogP contribution in [0.2, 0.25) is 0 Å². The molecule has 0 spiro atoms. The van der Waals surface area contributed by atoms with Gasteiger partial charge >= 0.3 is 0 Å². The Morgan fingerprint density at radius 2 is 1.77 bits per heavy atom. The number of rotatable bonds is 9. The number of hydrogen-bond donors (Lipinski definition) is 2. The zero-order chi connectivity index (χ0) is 21.3. The van der Waals surface area contributed by atoms with Gasteiger partial charge in [0.2, 0.25) is 5.91 Å². The summed E-state index contributed by atoms with van der Waals surface area (Å²) in [5, 5.41) is 5.66. The molecule has 7 nitrogen and oxygen atoms in total. The normalized spacial score (nSPS) is 10.6. The number of hydrogen-bond acceptors (Lipinski definition) is 5. The molecular weight excluding hydrogens is 382 g/mol. The van der Waals surface area contributed by atoms with Crippen molar-refractivity contribution >= 4 is 23.2 Å². The molecule has 2 N–H and O–H groups in total. The predicted molar refractivity (Wildman–Crippen MR) is 116 cm³/mol. The van der Waals surface area contributed by atoms with Crippen LogP contribution >= 0.6 is 0 Å². The van der Waals surface area contributed by atoms with E-state index in [9.17, 15) is 9.59 Å². The van der Waals surface area contributed by atoms with Gasteiger partial charge in [-0.15, -0.1) is 0 Å². The third-order valence-electron chi connectivity index (χ3n) is 4.29. The molecular formula is C23H25N3O4. The van der Waals surface area contributed by atoms with Crippen molar-refractivity contribution in [3.05, 3.63) is 78.3 Å². The lowest BCUT2D eigenvalue weighted by Gasteiger charge is -2.16. The summed E-state index contributed by atoms with van der Waals surface area (Å²) in [5.41, 5.74) is 1.48. The lowest BCUT2D eigenvalue weighted by molar-refractivity contribution is -0.117. The van der Waals surface area contributed by atoms with Crippen molar-refractivity contribution in [2.75, 3.05) is 30.8 Å². The van der Waals surface area contributed by atoms with Crippen LogP contribution in [-0.4, -0.2) is 36.9 Å². The minimum atomic E-state index is -0.306. The summed E-state index contributed by atoms with van der Waals surface area (Å²) in [4.78, 5) is 27.0. The van der Waals surface area contributed by atoms with Crippen molar-refractivity contribution in [2.24, 2.45) is 0 Å². The van der Waals surface area contributed by atoms with Crippen LogP contribution in [0.25, 0.3) is 0 Å². The third kappa shape index (κ3) is 5.96. The highest BCUT2D eigenvalue weighted by molar-refractivity contribution is 6.10. The number of anilines is 2. The van der Waals surface area contributed by atoms with E-state index in [1.807, 2.05) is 31.0 Å². The van der Waals surface area contributed by atoms with E-state index in [1.54, 1.807) is 54.8 Å². The average molecular weight is 407 g/mol. The highest BCUT2D eigenvalue weighted by Crippen LogP contribution is 2.20. The largest absolute Gasteiger partial charge is 0.494 e. The average Bonchev–Trinajstić information content (AvgIpc) is 3.22. The molecule has 0 aliphatic carbocycles. The highest BCUT2D eigenvalue weighted by Gasteiger charge is 2.15. The van der Waals surface area contributed by atoms with E-state index in [-0.39, 0.29) is 18.4 Å². The Labute approximate surface area is 175 Å². The zero-order valence-electron chi connectivity index (χ0n) is 17.1. The molecule has 0 fully saturated rings. The SMILES string of the molecule is CCOc1ccc(NC(=O)c2ccccc2NC(=O)CN(C)Cc2ccco2)cc1. The topological polar surface area (TPSA) is 83.8 Å². The monoisotopic (exact) mass is 407 g/mol. The second-order valence-electron chi connectivity index (χ2n) is 6.76. The van der Waals surface area contributed by atoms with E-state index in [2.05, 4.69) is 10.6 Å². The number of nitrogens with zero attached hydrogens (tertiary/aromatic N) is 1. The van der Waals surface area contributed by atoms with Crippen LogP contribution in [0.3, 0.4) is 0 Å². The fourth-order valence-electron chi connectivity index (χ4n) is 2.95. The van der Waals surface area contributed by atoms with Gasteiger partial charge in [-0.2, -0.15) is 0 Å². The van der Waals surface area contributed by atoms with Gasteiger partial charge in [0.05, 0.1) is 37.2 Å². The van der Waals surface area contributed by atoms with E-state index < -0.39 is 0 Å². The summed E-state index contributed by atoms with van der Waals surface area (Å²) in [7, 11) is 1.83. The van der Waals surface area contributed by atoms with Crippen LogP contribution in [0.4, 0.5) is 11.4 Å². The molecule has 0 saturated carbocycles. The van der Waals surface area contributed by atoms with Gasteiger partial charge in [-0.25, -0.2) is 0 Å². The van der Waals surface area contributed by atoms with Gasteiger partial charge in [0.1, 0.15) is 11.5 Å². The number of benzene rings is 2. The first kappa shape index (κ1) is 21.1. The molecule has 30 heavy (non-hydrogen) atoms. The van der Waals surface area contributed by atoms with E-state index in [0.29, 0.717) is 30.1 Å². The van der Waals surface area contributed by atoms with Crippen molar-refractivity contribution in [3.63, 3.8) is 0 Å². The van der Waals surface area contributed by atoms with Gasteiger partial charge in [0.15, 0.2) is 0 Å². The molecule has 3 aromatic rings. The molecule has 2 aromatic carbocycles. The molecule has 0 bridgehead atoms. The number of nitrogens with one attached hydrogen (secondary N) is 2. The molecule has 1 heterocycles. The molecule has 0 saturated heterocycles. The second-order valence-corrected chi connectivity index (χ2v) is 6.76. The third-order valence-corrected chi connectivity index (χ3v) is 4.29. The maximum absolute atomic E-state index is 12.7. The maximum Gasteiger partial charge on any atom is 0.257 e. The number of ether oxygens (including phenoxy) is 1. The summed E-state index contributed by atoms with van der Waals surface area (Å²) in [6, 6.07) is 17.7. The Morgan fingerprint density at radius 3 is 2.47 bits per heavy atom. The van der Waals surface area contributed by atoms with Crippen molar-refractivity contribution in [1.82, 2.24) is 4.90 Å². The second kappa shape index (κ2) is 10.3. The molecule has 1 aromatic heterocycles. The molecule has 2 amide bonds. The van der Waals surface area contributed by atoms with Crippen LogP contribution in [0.5, 0.6) is 5.75 Å². The number of carbonyl (C=O) groups excluding carboxylic acids is 2. The maximum atomic E-state index is 12.7. The van der Waals surface area contributed by atoms with Crippen LogP contribution < -0.4 is 15.4 Å². The molecule has 3 rings (SSSR count). The van der Waals surface area contributed by atoms with E-state index in [4.69, 9.17) is 9.15 Å². The summed E-state index contributed by atoms with van der Waals surface area (Å²) in [6.45, 7) is 3.17. The lowest BCUT2D eigenvalue weighted by atomic mass is 10.1. The van der Waals surface area contributed by atoms with Gasteiger partial charge in [0.25, 0.3) is 5.91 Å². The van der Waals surface area contributed by atoms with Crippen molar-refractivity contribution in [3.8, 4) is 5.75 Å². The summed E-state index contributed by atoms with van der Waals surface area (Å²) in [5.74, 6) is 0.992. The van der Waals surface area contributed by atoms with Crippen molar-refractivity contribution < 1.29 is 18.7 Å². The Balaban J connectivity index is 1.61. The Hall–Kier alpha value is -3.58. The van der Waals surface area contributed by atoms with E-state index in [1.165, 1.54) is 0 Å². The van der Waals surface area contributed by atoms with E-state index in [0.717, 1.165) is 11.5 Å². The van der Waals surface area contributed by atoms with Gasteiger partial charge in [-0.05, 0) is 62.5 Å². The summed E-state index contributed by atoms with van der Waals surface area (Å²) >= 11 is 0. The zero-order valence-corrected chi connectivity index (χ0v) is 17.1. The fourth-order valence-corrected chi connectivity index (χ4v) is 2.95. The highest BCUT2D eigenvalue weighted by atomic mass is 16.5. The van der Waals surface area contributed by atoms with Gasteiger partial charge in [-0.1, -0.05) is 12.1 Å². The number of furan rings is 1. The first-order valence-corrected chi connectivity index (χ1v) is 9.69. The Morgan fingerprint density at radius 1 is 1.00 bits per heavy atom. The van der Waals surface area contributed by atoms with Crippen LogP contribution in [0.15, 0.2) is 71.3 Å². The number of amides is 2. The summed E-state index contributed by atoms with van der Waals surface area (Å²) < 4.78 is 10.7. The first-order chi connectivity index (χ1) is 14.5. The standard InChI is InChI=1S/C23H25N3O4/c1-3-29-18-12-10-17(11-13-18)24-23(28)20-8-4-5-9-21(20)25-22(27)16-26(2)15-19-7-6-14-30-19/h4-14H,3,15-16H2,1-2H3,(H,24,28)(H,25,27). The number of carbonyl (C=O) groups is 2. The quantitative estimate of drug-likeness (QED) is 0.560. The molecule has 0 aliphatic heterocycles. The van der Waals surface area contributed by atoms with Crippen molar-refractivity contribution in [1.29, 1.82) is 0 Å². The van der Waals surface area contributed by atoms with Crippen molar-refractivity contribution in [2.45, 2.75) is 13.5 Å². The van der Waals surface area contributed by atoms with Crippen LogP contribution in [-0.2, 0) is 11.3 Å². The predicted octanol–water partition coefficient (Wildman–Crippen LogP) is 4.00. The smallest absolute Gasteiger partial charge is 0.257 e. The lowest BCUT2D eigenvalue weighted by Crippen LogP contribution is -2.30. The van der Waals surface area contributed by atoms with Gasteiger partial charge in [-0.3, -0.25) is 14.5 Å². The fraction of sp³-hybridized carbons (Fsp3) is 0.217. The Bertz CT molecular complexity index is 968. The minimum absolute atomic E-state index is 0.162. The first-order valence-electron chi connectivity index (χ1n) is 9.69. The molecule has 0 unspecified atom stereocenters. The molecule has 156 valence electrons. The van der Waals surface area contributed by atoms with Gasteiger partial charge in [0, 0.05) is 5.69 Å². The molecule has 0 aliphatic rings. The molecule has 7 heteroatoms. The Kier molecular flexibility index (Phi) is 7.24. The summed E-state index contributed by atoms with van der Waals surface area (Å²) in [6.07, 6.45) is 1.60. The number of para-hydroxylation sites is 1. The molecule has 0 radical (unpaired) electrons. The minimum Gasteiger partial charge on any atom is -0.494 e. The van der Waals surface area contributed by atoms with Crippen LogP contribution in [0.1, 0.15) is 23.0 Å². The van der Waals surface area contributed by atoms with E-state index >= 15 is 0 Å².